The quantitative estimate of drug-likeness (QED) is 0.0289. The fraction of sp³-hybridized carbons (Fsp3) is 0.723. The van der Waals surface area contributed by atoms with Gasteiger partial charge in [-0.15, -0.1) is 0 Å². The zero-order chi connectivity index (χ0) is 40.7. The summed E-state index contributed by atoms with van der Waals surface area (Å²) < 4.78 is 17.2. The molecule has 0 amide bonds. The van der Waals surface area contributed by atoms with Crippen LogP contribution in [-0.4, -0.2) is 80.6 Å². The summed E-state index contributed by atoms with van der Waals surface area (Å²) in [4.78, 5) is 36.9. The SMILES string of the molecule is CC/C=C/C=C/C=C/C=C/C=C/CCCC(=O)OC(COCCC(C(=O)O)[N+](C)(C)C)COC(=O)CCCCCCCCCCCCCCCCCCCC. The van der Waals surface area contributed by atoms with Crippen LogP contribution in [0.25, 0.3) is 0 Å². The van der Waals surface area contributed by atoms with E-state index in [9.17, 15) is 19.5 Å². The summed E-state index contributed by atoms with van der Waals surface area (Å²) in [6.07, 6.45) is 45.7. The Labute approximate surface area is 337 Å². The van der Waals surface area contributed by atoms with Crippen LogP contribution in [-0.2, 0) is 28.6 Å². The van der Waals surface area contributed by atoms with E-state index >= 15 is 0 Å². The third kappa shape index (κ3) is 36.4. The number of likely N-dealkylation sites (N-methyl/N-ethyl adjacent to an activating group) is 1. The number of quaternary nitrogens is 1. The topological polar surface area (TPSA) is 99.1 Å². The van der Waals surface area contributed by atoms with Crippen molar-refractivity contribution in [1.82, 2.24) is 0 Å². The van der Waals surface area contributed by atoms with E-state index in [0.29, 0.717) is 19.3 Å². The first-order chi connectivity index (χ1) is 26.6. The van der Waals surface area contributed by atoms with Crippen LogP contribution in [0.4, 0.5) is 0 Å². The number of nitrogens with zero attached hydrogens (tertiary/aromatic N) is 1. The van der Waals surface area contributed by atoms with Crippen LogP contribution < -0.4 is 0 Å². The van der Waals surface area contributed by atoms with Gasteiger partial charge < -0.3 is 23.8 Å². The van der Waals surface area contributed by atoms with Crippen LogP contribution >= 0.6 is 0 Å². The van der Waals surface area contributed by atoms with Gasteiger partial charge in [0.2, 0.25) is 0 Å². The molecule has 0 saturated carbocycles. The number of hydrogen-bond donors (Lipinski definition) is 1. The Morgan fingerprint density at radius 2 is 1.02 bits per heavy atom. The predicted octanol–water partition coefficient (Wildman–Crippen LogP) is 11.8. The number of carbonyl (C=O) groups is 3. The summed E-state index contributed by atoms with van der Waals surface area (Å²) in [6, 6.07) is -0.628. The third-order valence-corrected chi connectivity index (χ3v) is 9.56. The lowest BCUT2D eigenvalue weighted by molar-refractivity contribution is -0.887. The van der Waals surface area contributed by atoms with E-state index in [1.54, 1.807) is 0 Å². The smallest absolute Gasteiger partial charge is 0.362 e. The summed E-state index contributed by atoms with van der Waals surface area (Å²) >= 11 is 0. The average molecular weight is 773 g/mol. The van der Waals surface area contributed by atoms with E-state index in [1.807, 2.05) is 75.8 Å². The number of carboxylic acid groups (broad SMARTS) is 1. The molecule has 0 heterocycles. The monoisotopic (exact) mass is 773 g/mol. The van der Waals surface area contributed by atoms with Crippen LogP contribution in [0.3, 0.4) is 0 Å². The normalized spacial score (nSPS) is 13.5. The van der Waals surface area contributed by atoms with Crippen LogP contribution in [0, 0.1) is 0 Å². The minimum absolute atomic E-state index is 0.0317. The van der Waals surface area contributed by atoms with Crippen LogP contribution in [0.15, 0.2) is 60.8 Å². The summed E-state index contributed by atoms with van der Waals surface area (Å²) in [5, 5.41) is 9.61. The van der Waals surface area contributed by atoms with Gasteiger partial charge in [-0.05, 0) is 25.7 Å². The number of carboxylic acids is 1. The van der Waals surface area contributed by atoms with E-state index in [2.05, 4.69) is 19.9 Å². The van der Waals surface area contributed by atoms with Crippen molar-refractivity contribution in [3.63, 3.8) is 0 Å². The molecule has 0 aromatic carbocycles. The highest BCUT2D eigenvalue weighted by Gasteiger charge is 2.31. The van der Waals surface area contributed by atoms with Gasteiger partial charge in [0.25, 0.3) is 0 Å². The molecule has 0 rings (SSSR count). The third-order valence-electron chi connectivity index (χ3n) is 9.56. The number of hydrogen-bond acceptors (Lipinski definition) is 6. The van der Waals surface area contributed by atoms with E-state index in [-0.39, 0.29) is 42.7 Å². The zero-order valence-corrected chi connectivity index (χ0v) is 35.9. The van der Waals surface area contributed by atoms with Crippen molar-refractivity contribution in [3.05, 3.63) is 60.8 Å². The molecule has 0 aliphatic carbocycles. The lowest BCUT2D eigenvalue weighted by Gasteiger charge is -2.31. The van der Waals surface area contributed by atoms with Gasteiger partial charge in [-0.2, -0.15) is 0 Å². The van der Waals surface area contributed by atoms with Crippen molar-refractivity contribution in [3.8, 4) is 0 Å². The molecular weight excluding hydrogens is 691 g/mol. The Balaban J connectivity index is 4.39. The lowest BCUT2D eigenvalue weighted by Crippen LogP contribution is -2.50. The molecule has 0 aliphatic heterocycles. The molecule has 0 fully saturated rings. The highest BCUT2D eigenvalue weighted by atomic mass is 16.6. The molecular formula is C47H82NO7+. The molecule has 1 N–H and O–H groups in total. The average Bonchev–Trinajstić information content (AvgIpc) is 3.14. The van der Waals surface area contributed by atoms with Gasteiger partial charge in [0, 0.05) is 19.3 Å². The standard InChI is InChI=1S/C47H81NO7/c1-6-8-10-12-14-16-18-20-21-22-23-24-26-27-29-31-33-35-37-45(49)54-42-43(41-53-40-39-44(47(51)52)48(3,4)5)55-46(50)38-36-34-32-30-28-25-19-17-15-13-11-9-7-2/h9,11,13,15,17,19,25,28,30,32,43-44H,6-8,10,12,14,16,18,20-24,26-27,29,31,33-42H2,1-5H3/p+1/b11-9+,15-13+,19-17+,28-25+,32-30+. The number of allylic oxidation sites excluding steroid dienone is 10. The van der Waals surface area contributed by atoms with E-state index in [1.165, 1.54) is 96.3 Å². The Morgan fingerprint density at radius 3 is 1.49 bits per heavy atom. The van der Waals surface area contributed by atoms with Gasteiger partial charge in [0.1, 0.15) is 6.61 Å². The second-order valence-electron chi connectivity index (χ2n) is 15.7. The minimum atomic E-state index is -0.888. The van der Waals surface area contributed by atoms with Gasteiger partial charge in [0.15, 0.2) is 12.1 Å². The van der Waals surface area contributed by atoms with Crippen molar-refractivity contribution < 1.29 is 38.2 Å². The van der Waals surface area contributed by atoms with Crippen LogP contribution in [0.2, 0.25) is 0 Å². The number of unbranched alkanes of at least 4 members (excludes halogenated alkanes) is 18. The summed E-state index contributed by atoms with van der Waals surface area (Å²) in [7, 11) is 5.49. The van der Waals surface area contributed by atoms with Crippen LogP contribution in [0.1, 0.15) is 168 Å². The van der Waals surface area contributed by atoms with Gasteiger partial charge in [-0.25, -0.2) is 4.79 Å². The number of carbonyl (C=O) groups excluding carboxylic acids is 2. The molecule has 316 valence electrons. The molecule has 0 spiro atoms. The second kappa shape index (κ2) is 37.9. The Morgan fingerprint density at radius 1 is 0.564 bits per heavy atom. The Bertz CT molecular complexity index is 1090. The van der Waals surface area contributed by atoms with Gasteiger partial charge in [0.05, 0.1) is 34.4 Å². The fourth-order valence-electron chi connectivity index (χ4n) is 6.18. The zero-order valence-electron chi connectivity index (χ0n) is 35.9. The maximum atomic E-state index is 12.7. The maximum absolute atomic E-state index is 12.7. The summed E-state index contributed by atoms with van der Waals surface area (Å²) in [5.74, 6) is -1.56. The molecule has 0 saturated heterocycles. The molecule has 2 unspecified atom stereocenters. The Hall–Kier alpha value is -2.97. The van der Waals surface area contributed by atoms with Crippen molar-refractivity contribution >= 4 is 17.9 Å². The lowest BCUT2D eigenvalue weighted by atomic mass is 10.0. The number of esters is 2. The number of ether oxygens (including phenoxy) is 3. The fourth-order valence-corrected chi connectivity index (χ4v) is 6.18. The first kappa shape index (κ1) is 52.0. The minimum Gasteiger partial charge on any atom is -0.477 e. The maximum Gasteiger partial charge on any atom is 0.362 e. The largest absolute Gasteiger partial charge is 0.477 e. The van der Waals surface area contributed by atoms with Gasteiger partial charge in [-0.3, -0.25) is 9.59 Å². The molecule has 8 nitrogen and oxygen atoms in total. The second-order valence-corrected chi connectivity index (χ2v) is 15.7. The molecule has 0 aromatic rings. The number of rotatable bonds is 38. The van der Waals surface area contributed by atoms with Crippen molar-refractivity contribution in [1.29, 1.82) is 0 Å². The molecule has 2 atom stereocenters. The predicted molar refractivity (Wildman–Crippen MR) is 229 cm³/mol. The number of aliphatic carboxylic acids is 1. The molecule has 55 heavy (non-hydrogen) atoms. The van der Waals surface area contributed by atoms with Gasteiger partial charge >= 0.3 is 17.9 Å². The highest BCUT2D eigenvalue weighted by Crippen LogP contribution is 2.15. The summed E-state index contributed by atoms with van der Waals surface area (Å²) in [6.45, 7) is 4.51. The van der Waals surface area contributed by atoms with E-state index < -0.39 is 18.1 Å². The van der Waals surface area contributed by atoms with Crippen molar-refractivity contribution in [2.75, 3.05) is 41.0 Å². The summed E-state index contributed by atoms with van der Waals surface area (Å²) in [5.41, 5.74) is 0. The van der Waals surface area contributed by atoms with Gasteiger partial charge in [-0.1, -0.05) is 184 Å². The van der Waals surface area contributed by atoms with Crippen molar-refractivity contribution in [2.24, 2.45) is 0 Å². The Kier molecular flexibility index (Phi) is 35.9. The molecule has 0 aliphatic rings. The molecule has 0 bridgehead atoms. The molecule has 8 heteroatoms. The first-order valence-electron chi connectivity index (χ1n) is 21.9. The highest BCUT2D eigenvalue weighted by molar-refractivity contribution is 5.72. The van der Waals surface area contributed by atoms with E-state index in [0.717, 1.165) is 32.1 Å². The molecule has 0 aromatic heterocycles. The molecule has 0 radical (unpaired) electrons. The van der Waals surface area contributed by atoms with Crippen LogP contribution in [0.5, 0.6) is 0 Å². The first-order valence-corrected chi connectivity index (χ1v) is 21.9. The van der Waals surface area contributed by atoms with E-state index in [4.69, 9.17) is 14.2 Å². The van der Waals surface area contributed by atoms with Crippen molar-refractivity contribution in [2.45, 2.75) is 180 Å².